The average Bonchev–Trinajstić information content (AvgIpc) is 3.92. The standard InChI is InChI=1S/C62H42N2O/c1-3-12-46-38-48(22-20-41(46)10-1)43-24-31-51(32-25-43)63(52-33-26-44(27-34-52)49-23-21-42-11-2-4-13-47(42)39-49)53-35-28-45(29-36-53)50-30-37-59-57(40-50)54-14-5-7-17-58(54)64(59)60-18-9-16-56-55-15-6-8-19-61(55)65-62(56)60/h1-8,10-17,19-40H,9,18H2. The minimum atomic E-state index is 0.915. The first-order valence-corrected chi connectivity index (χ1v) is 22.5. The first-order chi connectivity index (χ1) is 32.2. The molecule has 3 nitrogen and oxygen atoms in total. The molecule has 306 valence electrons. The van der Waals surface area contributed by atoms with Crippen molar-refractivity contribution in [1.29, 1.82) is 0 Å². The van der Waals surface area contributed by atoms with E-state index in [2.05, 4.69) is 240 Å². The monoisotopic (exact) mass is 830 g/mol. The largest absolute Gasteiger partial charge is 0.454 e. The van der Waals surface area contributed by atoms with E-state index in [1.807, 2.05) is 0 Å². The van der Waals surface area contributed by atoms with Gasteiger partial charge in [0.25, 0.3) is 0 Å². The third-order valence-electron chi connectivity index (χ3n) is 13.4. The Balaban J connectivity index is 0.886. The molecular weight excluding hydrogens is 789 g/mol. The van der Waals surface area contributed by atoms with Gasteiger partial charge in [-0.25, -0.2) is 0 Å². The molecule has 0 aliphatic heterocycles. The van der Waals surface area contributed by atoms with Crippen LogP contribution in [0.4, 0.5) is 17.1 Å². The molecule has 10 aromatic carbocycles. The molecule has 12 aromatic rings. The summed E-state index contributed by atoms with van der Waals surface area (Å²) in [6, 6.07) is 81.7. The van der Waals surface area contributed by atoms with Crippen LogP contribution in [0, 0.1) is 0 Å². The predicted octanol–water partition coefficient (Wildman–Crippen LogP) is 15.5. The Kier molecular flexibility index (Phi) is 8.67. The quantitative estimate of drug-likeness (QED) is 0.160. The summed E-state index contributed by atoms with van der Waals surface area (Å²) in [7, 11) is 0. The van der Waals surface area contributed by atoms with Gasteiger partial charge in [0.15, 0.2) is 5.42 Å². The number of hydrogen-bond acceptors (Lipinski definition) is 2. The summed E-state index contributed by atoms with van der Waals surface area (Å²) in [5, 5.41) is 9.86. The van der Waals surface area contributed by atoms with Gasteiger partial charge in [-0.15, -0.1) is 0 Å². The van der Waals surface area contributed by atoms with E-state index in [1.54, 1.807) is 0 Å². The fraction of sp³-hybridized carbons (Fsp3) is 0.0323. The van der Waals surface area contributed by atoms with Crippen molar-refractivity contribution in [3.8, 4) is 33.4 Å². The highest BCUT2D eigenvalue weighted by Gasteiger charge is 2.20. The zero-order valence-electron chi connectivity index (χ0n) is 35.7. The third kappa shape index (κ3) is 6.35. The summed E-state index contributed by atoms with van der Waals surface area (Å²) < 4.78 is 9.04. The van der Waals surface area contributed by atoms with E-state index >= 15 is 0 Å². The summed E-state index contributed by atoms with van der Waals surface area (Å²) >= 11 is 0. The molecule has 2 aromatic heterocycles. The van der Waals surface area contributed by atoms with Crippen LogP contribution in [0.25, 0.3) is 99.5 Å². The topological polar surface area (TPSA) is 21.3 Å². The number of para-hydroxylation sites is 2. The Morgan fingerprint density at radius 1 is 0.369 bits per heavy atom. The molecule has 13 rings (SSSR count). The van der Waals surface area contributed by atoms with Crippen molar-refractivity contribution in [2.24, 2.45) is 0 Å². The van der Waals surface area contributed by atoms with E-state index in [9.17, 15) is 0 Å². The summed E-state index contributed by atoms with van der Waals surface area (Å²) in [6.07, 6.45) is 4.23. The fourth-order valence-corrected chi connectivity index (χ4v) is 10.2. The van der Waals surface area contributed by atoms with Crippen LogP contribution in [0.1, 0.15) is 12.8 Å². The SMILES string of the molecule is C1=c2c(oc3ccccc23)=C(n2c3ccccc3c3cc(-c4ccc(N(c5ccc(-c6ccc7ccccc7c6)cc5)c5ccc(-c6ccc7ccccc7c6)cc5)cc4)ccc32)CC1. The molecule has 0 spiro atoms. The van der Waals surface area contributed by atoms with E-state index < -0.39 is 0 Å². The van der Waals surface area contributed by atoms with Crippen LogP contribution in [0.3, 0.4) is 0 Å². The molecule has 0 fully saturated rings. The summed E-state index contributed by atoms with van der Waals surface area (Å²) in [4.78, 5) is 2.36. The lowest BCUT2D eigenvalue weighted by atomic mass is 9.99. The highest BCUT2D eigenvalue weighted by atomic mass is 16.3. The van der Waals surface area contributed by atoms with Crippen LogP contribution in [0.2, 0.25) is 0 Å². The van der Waals surface area contributed by atoms with Gasteiger partial charge in [-0.05, 0) is 141 Å². The summed E-state index contributed by atoms with van der Waals surface area (Å²) in [6.45, 7) is 0. The maximum Gasteiger partial charge on any atom is 0.154 e. The number of nitrogens with zero attached hydrogens (tertiary/aromatic N) is 2. The molecule has 3 heteroatoms. The van der Waals surface area contributed by atoms with Crippen LogP contribution < -0.4 is 15.5 Å². The molecule has 2 heterocycles. The molecule has 0 amide bonds. The van der Waals surface area contributed by atoms with E-state index in [-0.39, 0.29) is 0 Å². The van der Waals surface area contributed by atoms with E-state index in [0.29, 0.717) is 0 Å². The Hall–Kier alpha value is -8.40. The Morgan fingerprint density at radius 3 is 1.43 bits per heavy atom. The van der Waals surface area contributed by atoms with Gasteiger partial charge in [-0.3, -0.25) is 0 Å². The van der Waals surface area contributed by atoms with Crippen molar-refractivity contribution in [2.45, 2.75) is 12.8 Å². The number of aromatic nitrogens is 1. The number of fused-ring (bicyclic) bond motifs is 8. The van der Waals surface area contributed by atoms with Gasteiger partial charge in [0.2, 0.25) is 0 Å². The van der Waals surface area contributed by atoms with Gasteiger partial charge in [0.1, 0.15) is 5.58 Å². The zero-order valence-corrected chi connectivity index (χ0v) is 35.7. The lowest BCUT2D eigenvalue weighted by molar-refractivity contribution is 0.564. The van der Waals surface area contributed by atoms with Crippen molar-refractivity contribution in [2.75, 3.05) is 4.90 Å². The zero-order chi connectivity index (χ0) is 42.8. The van der Waals surface area contributed by atoms with Gasteiger partial charge in [0.05, 0.1) is 16.7 Å². The molecule has 0 atom stereocenters. The van der Waals surface area contributed by atoms with Crippen LogP contribution in [-0.2, 0) is 0 Å². The van der Waals surface area contributed by atoms with E-state index in [0.717, 1.165) is 40.9 Å². The number of hydrogen-bond donors (Lipinski definition) is 0. The van der Waals surface area contributed by atoms with Gasteiger partial charge in [-0.2, -0.15) is 0 Å². The summed E-state index contributed by atoms with van der Waals surface area (Å²) in [5.74, 6) is 0. The normalized spacial score (nSPS) is 12.6. The second kappa shape index (κ2) is 15.1. The number of rotatable bonds is 7. The van der Waals surface area contributed by atoms with Crippen LogP contribution in [-0.4, -0.2) is 4.57 Å². The Labute approximate surface area is 376 Å². The third-order valence-corrected chi connectivity index (χ3v) is 13.4. The summed E-state index contributed by atoms with van der Waals surface area (Å²) in [5.41, 5.74) is 16.0. The first-order valence-electron chi connectivity index (χ1n) is 22.5. The van der Waals surface area contributed by atoms with Crippen LogP contribution in [0.5, 0.6) is 0 Å². The maximum absolute atomic E-state index is 6.60. The molecule has 0 radical (unpaired) electrons. The lowest BCUT2D eigenvalue weighted by Gasteiger charge is -2.26. The molecule has 0 saturated carbocycles. The molecule has 0 N–H and O–H groups in total. The van der Waals surface area contributed by atoms with Crippen molar-refractivity contribution in [3.63, 3.8) is 0 Å². The molecule has 1 aliphatic rings. The van der Waals surface area contributed by atoms with E-state index in [1.165, 1.54) is 93.0 Å². The van der Waals surface area contributed by atoms with Crippen molar-refractivity contribution >= 4 is 83.2 Å². The van der Waals surface area contributed by atoms with Crippen molar-refractivity contribution in [1.82, 2.24) is 4.57 Å². The second-order valence-electron chi connectivity index (χ2n) is 17.2. The average molecular weight is 831 g/mol. The minimum absolute atomic E-state index is 0.915. The van der Waals surface area contributed by atoms with Crippen molar-refractivity contribution < 1.29 is 4.42 Å². The van der Waals surface area contributed by atoms with Crippen LogP contribution >= 0.6 is 0 Å². The van der Waals surface area contributed by atoms with Crippen LogP contribution in [0.15, 0.2) is 229 Å². The first kappa shape index (κ1) is 37.2. The smallest absolute Gasteiger partial charge is 0.154 e. The molecule has 0 saturated heterocycles. The Bertz CT molecular complexity index is 3810. The number of furan rings is 1. The molecule has 0 bridgehead atoms. The number of benzene rings is 10. The highest BCUT2D eigenvalue weighted by Crippen LogP contribution is 2.40. The van der Waals surface area contributed by atoms with Crippen molar-refractivity contribution in [3.05, 3.63) is 235 Å². The van der Waals surface area contributed by atoms with E-state index in [4.69, 9.17) is 4.42 Å². The maximum atomic E-state index is 6.60. The molecule has 1 aliphatic carbocycles. The van der Waals surface area contributed by atoms with Gasteiger partial charge in [0, 0.05) is 38.4 Å². The second-order valence-corrected chi connectivity index (χ2v) is 17.2. The highest BCUT2D eigenvalue weighted by molar-refractivity contribution is 6.11. The number of anilines is 3. The molecular formula is C62H42N2O. The predicted molar refractivity (Wildman–Crippen MR) is 273 cm³/mol. The molecule has 65 heavy (non-hydrogen) atoms. The Morgan fingerprint density at radius 2 is 0.831 bits per heavy atom. The minimum Gasteiger partial charge on any atom is -0.454 e. The van der Waals surface area contributed by atoms with Gasteiger partial charge < -0.3 is 13.9 Å². The molecule has 0 unspecified atom stereocenters. The van der Waals surface area contributed by atoms with Gasteiger partial charge in [-0.1, -0.05) is 158 Å². The lowest BCUT2D eigenvalue weighted by Crippen LogP contribution is -2.28. The fourth-order valence-electron chi connectivity index (χ4n) is 10.2. The van der Waals surface area contributed by atoms with Gasteiger partial charge >= 0.3 is 0 Å².